The Morgan fingerprint density at radius 3 is 2.86 bits per heavy atom. The summed E-state index contributed by atoms with van der Waals surface area (Å²) < 4.78 is 5.13. The molecule has 0 saturated heterocycles. The lowest BCUT2D eigenvalue weighted by atomic mass is 9.70. The van der Waals surface area contributed by atoms with Crippen LogP contribution in [-0.2, 0) is 6.42 Å². The van der Waals surface area contributed by atoms with Crippen molar-refractivity contribution < 1.29 is 19.5 Å². The van der Waals surface area contributed by atoms with Crippen molar-refractivity contribution in [2.24, 2.45) is 5.18 Å². The molecule has 0 saturated carbocycles. The highest BCUT2D eigenvalue weighted by molar-refractivity contribution is 6.59. The average molecular weight is 288 g/mol. The average Bonchev–Trinajstić information content (AvgIpc) is 2.98. The first-order chi connectivity index (χ1) is 10.0. The van der Waals surface area contributed by atoms with Crippen LogP contribution in [-0.4, -0.2) is 32.9 Å². The summed E-state index contributed by atoms with van der Waals surface area (Å²) in [6.45, 7) is -3.05. The number of H-pyrrole nitrogens is 1. The molecular weight excluding hydrogens is 277 g/mol. The summed E-state index contributed by atoms with van der Waals surface area (Å²) in [6.07, 6.45) is 1.84. The fourth-order valence-corrected chi connectivity index (χ4v) is 2.44. The number of nitroso groups, excluding NO2 is 1. The topological polar surface area (TPSA) is 125 Å². The van der Waals surface area contributed by atoms with Gasteiger partial charge in [-0.3, -0.25) is 9.89 Å². The number of aromatic nitrogens is 2. The Balaban J connectivity index is 2.24. The van der Waals surface area contributed by atoms with E-state index in [0.29, 0.717) is 23.2 Å². The molecule has 1 aliphatic rings. The van der Waals surface area contributed by atoms with E-state index in [0.717, 1.165) is 0 Å². The van der Waals surface area contributed by atoms with Crippen LogP contribution < -0.4 is 4.65 Å². The zero-order chi connectivity index (χ0) is 15.0. The minimum Gasteiger partial charge on any atom is -0.669 e. The molecule has 0 atom stereocenters. The highest BCUT2D eigenvalue weighted by Crippen LogP contribution is 2.38. The largest absolute Gasteiger partial charge is 0.669 e. The Bertz CT molecular complexity index is 714. The number of nitrogens with zero attached hydrogens (tertiary/aromatic N) is 2. The van der Waals surface area contributed by atoms with E-state index in [1.54, 1.807) is 18.2 Å². The number of rotatable bonds is 2. The van der Waals surface area contributed by atoms with E-state index in [2.05, 4.69) is 15.4 Å². The van der Waals surface area contributed by atoms with Crippen LogP contribution in [0, 0.1) is 4.91 Å². The summed E-state index contributed by atoms with van der Waals surface area (Å²) >= 11 is 0. The van der Waals surface area contributed by atoms with E-state index in [4.69, 9.17) is 4.65 Å². The van der Waals surface area contributed by atoms with Gasteiger partial charge in [0.15, 0.2) is 0 Å². The fraction of sp³-hybridized carbons (Fsp3) is 0.167. The smallest absolute Gasteiger partial charge is 0.430 e. The highest BCUT2D eigenvalue weighted by Gasteiger charge is 2.32. The number of hydrogen-bond donors (Lipinski definition) is 3. The van der Waals surface area contributed by atoms with E-state index >= 15 is 0 Å². The van der Waals surface area contributed by atoms with Gasteiger partial charge in [0.2, 0.25) is 0 Å². The van der Waals surface area contributed by atoms with E-state index in [1.165, 1.54) is 6.20 Å². The van der Waals surface area contributed by atoms with Crippen LogP contribution in [0.1, 0.15) is 15.9 Å². The van der Waals surface area contributed by atoms with Crippen molar-refractivity contribution in [3.8, 4) is 17.0 Å². The van der Waals surface area contributed by atoms with Crippen LogP contribution in [0.2, 0.25) is 6.32 Å². The summed E-state index contributed by atoms with van der Waals surface area (Å²) in [5, 5.41) is 28.2. The molecule has 0 aliphatic carbocycles. The molecule has 2 heterocycles. The molecule has 9 heteroatoms. The maximum absolute atomic E-state index is 11.9. The Labute approximate surface area is 118 Å². The van der Waals surface area contributed by atoms with Gasteiger partial charge in [-0.25, -0.2) is 0 Å². The maximum Gasteiger partial charge on any atom is 0.430 e. The summed E-state index contributed by atoms with van der Waals surface area (Å²) in [5.74, 6) is -1.05. The van der Waals surface area contributed by atoms with Crippen molar-refractivity contribution in [2.75, 3.05) is 0 Å². The first-order valence-electron chi connectivity index (χ1n) is 6.34. The first kappa shape index (κ1) is 13.5. The van der Waals surface area contributed by atoms with Gasteiger partial charge in [-0.1, -0.05) is 18.5 Å². The number of carbonyl (C=O) groups is 1. The molecule has 3 N–H and O–H groups in total. The van der Waals surface area contributed by atoms with Gasteiger partial charge in [0.25, 0.3) is 0 Å². The van der Waals surface area contributed by atoms with Crippen LogP contribution in [0.5, 0.6) is 5.75 Å². The monoisotopic (exact) mass is 288 g/mol. The Morgan fingerprint density at radius 1 is 1.38 bits per heavy atom. The molecule has 0 spiro atoms. The predicted molar refractivity (Wildman–Crippen MR) is 73.5 cm³/mol. The van der Waals surface area contributed by atoms with Gasteiger partial charge in [0.05, 0.1) is 17.0 Å². The molecule has 21 heavy (non-hydrogen) atoms. The van der Waals surface area contributed by atoms with Crippen LogP contribution in [0.4, 0.5) is 0 Å². The van der Waals surface area contributed by atoms with Crippen molar-refractivity contribution in [3.05, 3.63) is 40.4 Å². The minimum atomic E-state index is -3.05. The molecule has 8 nitrogen and oxygen atoms in total. The number of aromatic amines is 1. The first-order valence-corrected chi connectivity index (χ1v) is 6.34. The van der Waals surface area contributed by atoms with Gasteiger partial charge < -0.3 is 14.7 Å². The highest BCUT2D eigenvalue weighted by atomic mass is 16.6. The summed E-state index contributed by atoms with van der Waals surface area (Å²) in [5.41, 5.74) is 1.38. The van der Waals surface area contributed by atoms with Gasteiger partial charge in [-0.05, 0) is 18.1 Å². The Morgan fingerprint density at radius 2 is 2.19 bits per heavy atom. The van der Waals surface area contributed by atoms with Crippen LogP contribution in [0.3, 0.4) is 0 Å². The zero-order valence-electron chi connectivity index (χ0n) is 10.8. The second kappa shape index (κ2) is 4.79. The van der Waals surface area contributed by atoms with E-state index in [9.17, 15) is 19.7 Å². The Hall–Kier alpha value is -2.52. The molecule has 1 aromatic carbocycles. The van der Waals surface area contributed by atoms with Crippen molar-refractivity contribution in [1.82, 2.24) is 10.2 Å². The maximum atomic E-state index is 11.9. The molecule has 1 amide bonds. The third kappa shape index (κ3) is 2.32. The van der Waals surface area contributed by atoms with Crippen LogP contribution in [0.15, 0.2) is 29.6 Å². The molecule has 3 rings (SSSR count). The van der Waals surface area contributed by atoms with Gasteiger partial charge in [0, 0.05) is 16.9 Å². The van der Waals surface area contributed by atoms with Gasteiger partial charge in [-0.15, -0.1) is 4.91 Å². The summed E-state index contributed by atoms with van der Waals surface area (Å²) in [7, 11) is 0. The second-order valence-electron chi connectivity index (χ2n) is 4.86. The lowest BCUT2D eigenvalue weighted by Crippen LogP contribution is -2.45. The zero-order valence-corrected chi connectivity index (χ0v) is 10.8. The van der Waals surface area contributed by atoms with E-state index in [1.807, 2.05) is 0 Å². The van der Waals surface area contributed by atoms with Crippen molar-refractivity contribution in [2.45, 2.75) is 12.7 Å². The van der Waals surface area contributed by atoms with Crippen molar-refractivity contribution >= 4 is 12.7 Å². The molecule has 1 aliphatic heterocycles. The number of amides is 1. The van der Waals surface area contributed by atoms with Crippen molar-refractivity contribution in [1.29, 1.82) is 0 Å². The molecule has 0 unspecified atom stereocenters. The van der Waals surface area contributed by atoms with E-state index < -0.39 is 12.7 Å². The third-order valence-corrected chi connectivity index (χ3v) is 3.42. The molecule has 0 bridgehead atoms. The molecule has 0 fully saturated rings. The number of aryl methyl sites for hydroxylation is 1. The SMILES string of the molecule is O=NC(=O)c1c(-c2ccn[nH]2)ccc2c1O[B-](O)(O)CC2. The second-order valence-corrected chi connectivity index (χ2v) is 4.86. The lowest BCUT2D eigenvalue weighted by molar-refractivity contribution is 0.0998. The summed E-state index contributed by atoms with van der Waals surface area (Å²) in [6, 6.07) is 4.96. The van der Waals surface area contributed by atoms with Gasteiger partial charge in [0.1, 0.15) is 0 Å². The van der Waals surface area contributed by atoms with Crippen LogP contribution in [0.25, 0.3) is 11.3 Å². The number of nitrogens with one attached hydrogen (secondary N) is 1. The quantitative estimate of drug-likeness (QED) is 0.555. The number of fused-ring (bicyclic) bond motifs is 1. The van der Waals surface area contributed by atoms with Gasteiger partial charge >= 0.3 is 12.7 Å². The molecule has 1 aromatic heterocycles. The van der Waals surface area contributed by atoms with Crippen molar-refractivity contribution in [3.63, 3.8) is 0 Å². The normalized spacial score (nSPS) is 15.9. The Kier molecular flexibility index (Phi) is 3.07. The molecular formula is C12H11BN3O5-. The van der Waals surface area contributed by atoms with Crippen LogP contribution >= 0.6 is 0 Å². The molecule has 0 radical (unpaired) electrons. The molecule has 2 aromatic rings. The molecule has 108 valence electrons. The summed E-state index contributed by atoms with van der Waals surface area (Å²) in [4.78, 5) is 22.5. The standard InChI is InChI=1S/C12H11BN3O5/c17-12(16-20)10-8(9-4-6-14-15-9)2-1-7-3-5-13(18,19)21-11(7)10/h1-2,4,6,18-19H,3,5H2,(H,14,15)/q-1. The predicted octanol–water partition coefficient (Wildman–Crippen LogP) is 0.842. The number of hydrogen-bond acceptors (Lipinski definition) is 6. The van der Waals surface area contributed by atoms with Gasteiger partial charge in [-0.2, -0.15) is 5.10 Å². The van der Waals surface area contributed by atoms with E-state index in [-0.39, 0.29) is 17.6 Å². The number of benzene rings is 1. The fourth-order valence-electron chi connectivity index (χ4n) is 2.44. The minimum absolute atomic E-state index is 0.0112. The number of carbonyl (C=O) groups excluding carboxylic acids is 1. The third-order valence-electron chi connectivity index (χ3n) is 3.42. The lowest BCUT2D eigenvalue weighted by Gasteiger charge is -2.37.